The monoisotopic (exact) mass is 376 g/mol. The number of aliphatic hydroxyl groups is 1. The molecule has 1 amide bonds. The lowest BCUT2D eigenvalue weighted by atomic mass is 10.1. The lowest BCUT2D eigenvalue weighted by molar-refractivity contribution is -0.121. The van der Waals surface area contributed by atoms with E-state index in [9.17, 15) is 9.90 Å². The van der Waals surface area contributed by atoms with Crippen LogP contribution in [0.1, 0.15) is 59.7 Å². The Morgan fingerprint density at radius 2 is 2.23 bits per heavy atom. The maximum atomic E-state index is 12.1. The highest BCUT2D eigenvalue weighted by atomic mass is 32.1. The molecule has 1 unspecified atom stereocenters. The largest absolute Gasteiger partial charge is 0.386 e. The first kappa shape index (κ1) is 19.0. The van der Waals surface area contributed by atoms with Crippen LogP contribution in [0.5, 0.6) is 0 Å². The van der Waals surface area contributed by atoms with Gasteiger partial charge >= 0.3 is 0 Å². The van der Waals surface area contributed by atoms with E-state index < -0.39 is 6.10 Å². The van der Waals surface area contributed by atoms with Gasteiger partial charge in [-0.05, 0) is 64.0 Å². The number of nitrogens with one attached hydrogen (secondary N) is 1. The van der Waals surface area contributed by atoms with Crippen molar-refractivity contribution in [2.75, 3.05) is 0 Å². The number of aliphatic hydroxyl groups excluding tert-OH is 1. The van der Waals surface area contributed by atoms with Crippen LogP contribution in [0.25, 0.3) is 0 Å². The minimum absolute atomic E-state index is 0.0276. The summed E-state index contributed by atoms with van der Waals surface area (Å²) in [7, 11) is 0. The van der Waals surface area contributed by atoms with Crippen LogP contribution < -0.4 is 5.32 Å². The Morgan fingerprint density at radius 3 is 2.88 bits per heavy atom. The van der Waals surface area contributed by atoms with E-state index in [1.807, 2.05) is 18.3 Å². The number of carbonyl (C=O) groups excluding carboxylic acids is 1. The molecule has 0 aromatic carbocycles. The highest BCUT2D eigenvalue weighted by Crippen LogP contribution is 2.40. The number of amides is 1. The van der Waals surface area contributed by atoms with Gasteiger partial charge < -0.3 is 10.4 Å². The summed E-state index contributed by atoms with van der Waals surface area (Å²) >= 11 is 1.82. The lowest BCUT2D eigenvalue weighted by Gasteiger charge is -2.13. The van der Waals surface area contributed by atoms with Crippen molar-refractivity contribution < 1.29 is 9.90 Å². The summed E-state index contributed by atoms with van der Waals surface area (Å²) in [4.78, 5) is 14.8. The third-order valence-corrected chi connectivity index (χ3v) is 5.80. The van der Waals surface area contributed by atoms with Gasteiger partial charge in [0.1, 0.15) is 11.8 Å². The Labute approximate surface area is 158 Å². The molecule has 7 heteroatoms. The summed E-state index contributed by atoms with van der Waals surface area (Å²) in [6, 6.07) is 2.19. The van der Waals surface area contributed by atoms with Crippen LogP contribution in [0.3, 0.4) is 0 Å². The third-order valence-electron chi connectivity index (χ3n) is 4.79. The van der Waals surface area contributed by atoms with E-state index in [-0.39, 0.29) is 11.9 Å². The predicted octanol–water partition coefficient (Wildman–Crippen LogP) is 2.93. The Kier molecular flexibility index (Phi) is 6.09. The van der Waals surface area contributed by atoms with Gasteiger partial charge in [0, 0.05) is 22.2 Å². The molecule has 26 heavy (non-hydrogen) atoms. The fourth-order valence-electron chi connectivity index (χ4n) is 3.24. The fraction of sp³-hybridized carbons (Fsp3) is 0.632. The van der Waals surface area contributed by atoms with Crippen molar-refractivity contribution in [3.8, 4) is 0 Å². The highest BCUT2D eigenvalue weighted by Gasteiger charge is 2.32. The number of aromatic nitrogens is 3. The molecule has 0 aliphatic heterocycles. The van der Waals surface area contributed by atoms with E-state index in [0.717, 1.165) is 25.7 Å². The Balaban J connectivity index is 1.39. The second kappa shape index (κ2) is 8.31. The number of aryl methyl sites for hydroxylation is 3. The van der Waals surface area contributed by atoms with Gasteiger partial charge in [-0.15, -0.1) is 16.4 Å². The Bertz CT molecular complexity index is 751. The van der Waals surface area contributed by atoms with E-state index in [1.54, 1.807) is 10.9 Å². The maximum Gasteiger partial charge on any atom is 0.220 e. The molecule has 2 aromatic heterocycles. The number of carbonyl (C=O) groups is 1. The summed E-state index contributed by atoms with van der Waals surface area (Å²) in [6.07, 6.45) is 5.74. The molecule has 1 aliphatic rings. The van der Waals surface area contributed by atoms with Gasteiger partial charge in [0.2, 0.25) is 5.91 Å². The number of hydrogen-bond acceptors (Lipinski definition) is 5. The molecule has 1 aliphatic carbocycles. The first-order valence-electron chi connectivity index (χ1n) is 9.35. The molecule has 1 saturated carbocycles. The summed E-state index contributed by atoms with van der Waals surface area (Å²) in [6.45, 7) is 6.78. The van der Waals surface area contributed by atoms with E-state index in [1.165, 1.54) is 15.3 Å². The van der Waals surface area contributed by atoms with Crippen molar-refractivity contribution in [1.29, 1.82) is 0 Å². The molecular weight excluding hydrogens is 348 g/mol. The number of thiophene rings is 1. The molecule has 0 spiro atoms. The standard InChI is InChI=1S/C19H28N4O2S/c1-12(10-23-11-17(21-22-23)19(25)15-7-8-15)20-18(24)6-4-5-16-9-13(2)26-14(16)3/h9,11-12,15,19,25H,4-8,10H2,1-3H3,(H,20,24)/t12?,19-/m0/s1. The highest BCUT2D eigenvalue weighted by molar-refractivity contribution is 7.12. The molecule has 1 fully saturated rings. The van der Waals surface area contributed by atoms with E-state index in [2.05, 4.69) is 35.5 Å². The summed E-state index contributed by atoms with van der Waals surface area (Å²) in [5.74, 6) is 0.411. The van der Waals surface area contributed by atoms with Gasteiger partial charge in [-0.25, -0.2) is 0 Å². The molecule has 142 valence electrons. The number of nitrogens with zero attached hydrogens (tertiary/aromatic N) is 3. The molecule has 0 bridgehead atoms. The minimum Gasteiger partial charge on any atom is -0.386 e. The van der Waals surface area contributed by atoms with Crippen molar-refractivity contribution >= 4 is 17.2 Å². The smallest absolute Gasteiger partial charge is 0.220 e. The molecule has 2 N–H and O–H groups in total. The van der Waals surface area contributed by atoms with Crippen LogP contribution in [-0.4, -0.2) is 32.0 Å². The van der Waals surface area contributed by atoms with Crippen LogP contribution in [0.15, 0.2) is 12.3 Å². The first-order valence-corrected chi connectivity index (χ1v) is 10.2. The SMILES string of the molecule is Cc1cc(CCCC(=O)NC(C)Cn2cc([C@@H](O)C3CC3)nn2)c(C)s1. The predicted molar refractivity (Wildman–Crippen MR) is 102 cm³/mol. The number of hydrogen-bond donors (Lipinski definition) is 2. The van der Waals surface area contributed by atoms with Gasteiger partial charge in [-0.2, -0.15) is 0 Å². The van der Waals surface area contributed by atoms with Gasteiger partial charge in [-0.3, -0.25) is 9.48 Å². The van der Waals surface area contributed by atoms with Crippen molar-refractivity contribution in [3.63, 3.8) is 0 Å². The van der Waals surface area contributed by atoms with Crippen molar-refractivity contribution in [2.24, 2.45) is 5.92 Å². The van der Waals surface area contributed by atoms with Gasteiger partial charge in [0.15, 0.2) is 0 Å². The minimum atomic E-state index is -0.502. The molecule has 3 rings (SSSR count). The number of rotatable bonds is 9. The van der Waals surface area contributed by atoms with Crippen LogP contribution in [0.2, 0.25) is 0 Å². The normalized spacial score (nSPS) is 16.5. The molecule has 6 nitrogen and oxygen atoms in total. The quantitative estimate of drug-likeness (QED) is 0.705. The van der Waals surface area contributed by atoms with Gasteiger partial charge in [0.25, 0.3) is 0 Å². The Hall–Kier alpha value is -1.73. The van der Waals surface area contributed by atoms with Crippen LogP contribution in [0.4, 0.5) is 0 Å². The fourth-order valence-corrected chi connectivity index (χ4v) is 4.21. The zero-order valence-corrected chi connectivity index (χ0v) is 16.6. The van der Waals surface area contributed by atoms with Crippen LogP contribution in [0, 0.1) is 19.8 Å². The van der Waals surface area contributed by atoms with Gasteiger partial charge in [0.05, 0.1) is 12.7 Å². The molecule has 2 atom stereocenters. The average Bonchev–Trinajstić information content (AvgIpc) is 3.24. The average molecular weight is 377 g/mol. The summed E-state index contributed by atoms with van der Waals surface area (Å²) in [5, 5.41) is 21.2. The van der Waals surface area contributed by atoms with Gasteiger partial charge in [-0.1, -0.05) is 5.21 Å². The van der Waals surface area contributed by atoms with Crippen LogP contribution in [-0.2, 0) is 17.8 Å². The molecule has 0 saturated heterocycles. The first-order chi connectivity index (χ1) is 12.4. The van der Waals surface area contributed by atoms with Crippen molar-refractivity contribution in [2.45, 2.75) is 71.6 Å². The maximum absolute atomic E-state index is 12.1. The van der Waals surface area contributed by atoms with Crippen LogP contribution >= 0.6 is 11.3 Å². The van der Waals surface area contributed by atoms with E-state index in [4.69, 9.17) is 0 Å². The molecule has 2 aromatic rings. The Morgan fingerprint density at radius 1 is 1.46 bits per heavy atom. The van der Waals surface area contributed by atoms with E-state index >= 15 is 0 Å². The molecular formula is C19H28N4O2S. The van der Waals surface area contributed by atoms with Crippen molar-refractivity contribution in [1.82, 2.24) is 20.3 Å². The molecule has 0 radical (unpaired) electrons. The topological polar surface area (TPSA) is 80.0 Å². The summed E-state index contributed by atoms with van der Waals surface area (Å²) in [5.41, 5.74) is 1.99. The summed E-state index contributed by atoms with van der Waals surface area (Å²) < 4.78 is 1.70. The zero-order chi connectivity index (χ0) is 18.7. The zero-order valence-electron chi connectivity index (χ0n) is 15.7. The van der Waals surface area contributed by atoms with E-state index in [0.29, 0.717) is 24.6 Å². The van der Waals surface area contributed by atoms with Crippen molar-refractivity contribution in [3.05, 3.63) is 33.3 Å². The second-order valence-electron chi connectivity index (χ2n) is 7.41. The molecule has 2 heterocycles. The third kappa shape index (κ3) is 5.14. The second-order valence-corrected chi connectivity index (χ2v) is 8.87. The lowest BCUT2D eigenvalue weighted by Crippen LogP contribution is -2.35.